The molecule has 0 aliphatic carbocycles. The first-order chi connectivity index (χ1) is 8.58. The number of carbonyl (C=O) groups is 1. The molecular formula is C14H11Cl2NO. The van der Waals surface area contributed by atoms with Gasteiger partial charge in [0.1, 0.15) is 0 Å². The van der Waals surface area contributed by atoms with Gasteiger partial charge in [-0.1, -0.05) is 35.3 Å². The average Bonchev–Trinajstić information content (AvgIpc) is 2.33. The fourth-order valence-corrected chi connectivity index (χ4v) is 2.19. The van der Waals surface area contributed by atoms with Crippen molar-refractivity contribution < 1.29 is 4.79 Å². The predicted octanol–water partition coefficient (Wildman–Crippen LogP) is 4.12. The number of rotatable bonds is 3. The Hall–Kier alpha value is -1.38. The summed E-state index contributed by atoms with van der Waals surface area (Å²) in [5.74, 6) is -0.0619. The van der Waals surface area contributed by atoms with Gasteiger partial charge < -0.3 is 0 Å². The summed E-state index contributed by atoms with van der Waals surface area (Å²) in [6.45, 7) is 1.96. The molecule has 0 N–H and O–H groups in total. The van der Waals surface area contributed by atoms with E-state index in [1.165, 1.54) is 6.20 Å². The Morgan fingerprint density at radius 3 is 2.67 bits per heavy atom. The molecule has 18 heavy (non-hydrogen) atoms. The lowest BCUT2D eigenvalue weighted by Gasteiger charge is -2.06. The van der Waals surface area contributed by atoms with Gasteiger partial charge >= 0.3 is 0 Å². The molecule has 0 aliphatic rings. The molecule has 0 aliphatic heterocycles. The fraction of sp³-hybridized carbons (Fsp3) is 0.143. The molecule has 0 amide bonds. The van der Waals surface area contributed by atoms with Crippen molar-refractivity contribution in [3.63, 3.8) is 0 Å². The molecule has 1 aromatic heterocycles. The number of hydrogen-bond donors (Lipinski definition) is 0. The van der Waals surface area contributed by atoms with Gasteiger partial charge in [-0.3, -0.25) is 9.78 Å². The first-order valence-corrected chi connectivity index (χ1v) is 6.21. The lowest BCUT2D eigenvalue weighted by atomic mass is 10.0. The molecule has 1 aromatic carbocycles. The van der Waals surface area contributed by atoms with E-state index in [2.05, 4.69) is 4.98 Å². The number of hydrogen-bond acceptors (Lipinski definition) is 2. The topological polar surface area (TPSA) is 30.0 Å². The minimum absolute atomic E-state index is 0.0619. The molecule has 2 nitrogen and oxygen atoms in total. The Morgan fingerprint density at radius 2 is 2.00 bits per heavy atom. The normalized spacial score (nSPS) is 10.4. The minimum atomic E-state index is -0.0619. The molecule has 0 radical (unpaired) electrons. The number of nitrogens with zero attached hydrogens (tertiary/aromatic N) is 1. The second-order valence-electron chi connectivity index (χ2n) is 4.05. The number of Topliss-reactive ketones (excluding diaryl/α,β-unsaturated/α-hetero) is 1. The largest absolute Gasteiger partial charge is 0.294 e. The molecule has 0 unspecified atom stereocenters. The number of ketones is 1. The van der Waals surface area contributed by atoms with E-state index in [4.69, 9.17) is 23.2 Å². The van der Waals surface area contributed by atoms with Crippen LogP contribution in [0, 0.1) is 6.92 Å². The average molecular weight is 280 g/mol. The minimum Gasteiger partial charge on any atom is -0.294 e. The molecule has 0 atom stereocenters. The maximum absolute atomic E-state index is 12.1. The maximum Gasteiger partial charge on any atom is 0.168 e. The SMILES string of the molecule is Cc1ccc(CC(=O)c2ccncc2Cl)c(Cl)c1. The highest BCUT2D eigenvalue weighted by molar-refractivity contribution is 6.34. The van der Waals surface area contributed by atoms with Crippen LogP contribution in [0.15, 0.2) is 36.7 Å². The van der Waals surface area contributed by atoms with Crippen molar-refractivity contribution >= 4 is 29.0 Å². The van der Waals surface area contributed by atoms with Crippen molar-refractivity contribution in [1.29, 1.82) is 0 Å². The first-order valence-electron chi connectivity index (χ1n) is 5.45. The van der Waals surface area contributed by atoms with E-state index < -0.39 is 0 Å². The van der Waals surface area contributed by atoms with Crippen molar-refractivity contribution in [3.8, 4) is 0 Å². The van der Waals surface area contributed by atoms with Gasteiger partial charge in [0.25, 0.3) is 0 Å². The van der Waals surface area contributed by atoms with Crippen LogP contribution in [-0.4, -0.2) is 10.8 Å². The lowest BCUT2D eigenvalue weighted by molar-refractivity contribution is 0.0993. The second kappa shape index (κ2) is 5.51. The summed E-state index contributed by atoms with van der Waals surface area (Å²) in [5.41, 5.74) is 2.35. The molecule has 2 aromatic rings. The lowest BCUT2D eigenvalue weighted by Crippen LogP contribution is -2.05. The Kier molecular flexibility index (Phi) is 4.00. The Bertz CT molecular complexity index is 596. The third kappa shape index (κ3) is 2.89. The Morgan fingerprint density at radius 1 is 1.22 bits per heavy atom. The summed E-state index contributed by atoms with van der Waals surface area (Å²) < 4.78 is 0. The smallest absolute Gasteiger partial charge is 0.168 e. The van der Waals surface area contributed by atoms with E-state index in [9.17, 15) is 4.79 Å². The van der Waals surface area contributed by atoms with Gasteiger partial charge in [-0.15, -0.1) is 0 Å². The van der Waals surface area contributed by atoms with E-state index in [0.717, 1.165) is 11.1 Å². The van der Waals surface area contributed by atoms with Gasteiger partial charge in [0.05, 0.1) is 5.02 Å². The van der Waals surface area contributed by atoms with Crippen LogP contribution in [0.1, 0.15) is 21.5 Å². The zero-order valence-electron chi connectivity index (χ0n) is 9.78. The standard InChI is InChI=1S/C14H11Cl2NO/c1-9-2-3-10(12(15)6-9)7-14(18)11-4-5-17-8-13(11)16/h2-6,8H,7H2,1H3. The zero-order chi connectivity index (χ0) is 13.1. The number of carbonyl (C=O) groups excluding carboxylic acids is 1. The highest BCUT2D eigenvalue weighted by Crippen LogP contribution is 2.21. The molecule has 0 saturated heterocycles. The van der Waals surface area contributed by atoms with Crippen molar-refractivity contribution in [2.45, 2.75) is 13.3 Å². The third-order valence-corrected chi connectivity index (χ3v) is 3.29. The van der Waals surface area contributed by atoms with Crippen LogP contribution in [0.2, 0.25) is 10.0 Å². The van der Waals surface area contributed by atoms with Crippen LogP contribution in [0.3, 0.4) is 0 Å². The van der Waals surface area contributed by atoms with E-state index >= 15 is 0 Å². The number of pyridine rings is 1. The van der Waals surface area contributed by atoms with E-state index in [-0.39, 0.29) is 12.2 Å². The third-order valence-electron chi connectivity index (χ3n) is 2.63. The molecule has 92 valence electrons. The summed E-state index contributed by atoms with van der Waals surface area (Å²) in [4.78, 5) is 16.0. The molecular weight excluding hydrogens is 269 g/mol. The van der Waals surface area contributed by atoms with Crippen LogP contribution in [0.4, 0.5) is 0 Å². The second-order valence-corrected chi connectivity index (χ2v) is 4.86. The highest BCUT2D eigenvalue weighted by Gasteiger charge is 2.12. The summed E-state index contributed by atoms with van der Waals surface area (Å²) in [5, 5.41) is 0.972. The van der Waals surface area contributed by atoms with Crippen molar-refractivity contribution in [2.24, 2.45) is 0 Å². The number of halogens is 2. The van der Waals surface area contributed by atoms with E-state index in [1.807, 2.05) is 25.1 Å². The monoisotopic (exact) mass is 279 g/mol. The van der Waals surface area contributed by atoms with Crippen LogP contribution in [0.25, 0.3) is 0 Å². The van der Waals surface area contributed by atoms with Crippen molar-refractivity contribution in [1.82, 2.24) is 4.98 Å². The quantitative estimate of drug-likeness (QED) is 0.791. The summed E-state index contributed by atoms with van der Waals surface area (Å²) in [6.07, 6.45) is 3.25. The van der Waals surface area contributed by atoms with Crippen LogP contribution in [-0.2, 0) is 6.42 Å². The Balaban J connectivity index is 2.24. The van der Waals surface area contributed by atoms with E-state index in [0.29, 0.717) is 15.6 Å². The van der Waals surface area contributed by atoms with Gasteiger partial charge in [0.2, 0.25) is 0 Å². The first kappa shape index (κ1) is 13.1. The summed E-state index contributed by atoms with van der Waals surface area (Å²) in [7, 11) is 0. The summed E-state index contributed by atoms with van der Waals surface area (Å²) in [6, 6.07) is 7.26. The zero-order valence-corrected chi connectivity index (χ0v) is 11.3. The molecule has 0 spiro atoms. The fourth-order valence-electron chi connectivity index (χ4n) is 1.67. The van der Waals surface area contributed by atoms with Crippen molar-refractivity contribution in [3.05, 3.63) is 63.4 Å². The summed E-state index contributed by atoms with van der Waals surface area (Å²) >= 11 is 12.0. The number of aryl methyl sites for hydroxylation is 1. The van der Waals surface area contributed by atoms with E-state index in [1.54, 1.807) is 12.3 Å². The van der Waals surface area contributed by atoms with Gasteiger partial charge in [0, 0.05) is 29.4 Å². The molecule has 0 saturated carbocycles. The van der Waals surface area contributed by atoms with Crippen LogP contribution < -0.4 is 0 Å². The van der Waals surface area contributed by atoms with Gasteiger partial charge in [0.15, 0.2) is 5.78 Å². The highest BCUT2D eigenvalue weighted by atomic mass is 35.5. The molecule has 0 bridgehead atoms. The van der Waals surface area contributed by atoms with Crippen LogP contribution in [0.5, 0.6) is 0 Å². The number of benzene rings is 1. The van der Waals surface area contributed by atoms with Crippen molar-refractivity contribution in [2.75, 3.05) is 0 Å². The molecule has 2 rings (SSSR count). The van der Waals surface area contributed by atoms with Crippen LogP contribution >= 0.6 is 23.2 Å². The maximum atomic E-state index is 12.1. The Labute approximate surface area is 116 Å². The van der Waals surface area contributed by atoms with Gasteiger partial charge in [-0.25, -0.2) is 0 Å². The number of aromatic nitrogens is 1. The predicted molar refractivity (Wildman–Crippen MR) is 73.5 cm³/mol. The molecule has 0 fully saturated rings. The molecule has 4 heteroatoms. The van der Waals surface area contributed by atoms with Gasteiger partial charge in [-0.2, -0.15) is 0 Å². The van der Waals surface area contributed by atoms with Gasteiger partial charge in [-0.05, 0) is 30.2 Å². The molecule has 1 heterocycles.